The number of phenolic OH excluding ortho intramolecular Hbond substituents is 1. The zero-order valence-corrected chi connectivity index (χ0v) is 15.0. The highest BCUT2D eigenvalue weighted by atomic mass is 16.4. The summed E-state index contributed by atoms with van der Waals surface area (Å²) >= 11 is 0. The second-order valence-electron chi connectivity index (χ2n) is 6.29. The van der Waals surface area contributed by atoms with Crippen LogP contribution >= 0.6 is 0 Å². The molecule has 0 radical (unpaired) electrons. The van der Waals surface area contributed by atoms with Gasteiger partial charge in [-0.2, -0.15) is 0 Å². The Kier molecular flexibility index (Phi) is 5.37. The second kappa shape index (κ2) is 7.87. The molecule has 0 saturated heterocycles. The Bertz CT molecular complexity index is 898. The standard InChI is InChI=1S/C21H22N2O3/c1-14-7-9-17(10-8-14)21-23-18(15(2)26-21)13-20(25)22-12-11-16-5-3-4-6-19(16)24/h3-10,24H,11-13H2,1-2H3,(H,22,25). The Morgan fingerprint density at radius 2 is 1.85 bits per heavy atom. The molecule has 0 unspecified atom stereocenters. The van der Waals surface area contributed by atoms with Crippen molar-refractivity contribution in [1.29, 1.82) is 0 Å². The number of aromatic hydroxyl groups is 1. The van der Waals surface area contributed by atoms with E-state index in [-0.39, 0.29) is 18.1 Å². The molecule has 3 aromatic rings. The molecule has 2 N–H and O–H groups in total. The largest absolute Gasteiger partial charge is 0.508 e. The average Bonchev–Trinajstić information content (AvgIpc) is 2.98. The van der Waals surface area contributed by atoms with Crippen LogP contribution in [0.1, 0.15) is 22.6 Å². The second-order valence-corrected chi connectivity index (χ2v) is 6.29. The van der Waals surface area contributed by atoms with Gasteiger partial charge in [-0.3, -0.25) is 4.79 Å². The Morgan fingerprint density at radius 1 is 1.12 bits per heavy atom. The van der Waals surface area contributed by atoms with Crippen molar-refractivity contribution in [2.24, 2.45) is 0 Å². The van der Waals surface area contributed by atoms with Gasteiger partial charge in [0.15, 0.2) is 0 Å². The van der Waals surface area contributed by atoms with E-state index in [0.717, 1.165) is 11.1 Å². The fourth-order valence-corrected chi connectivity index (χ4v) is 2.69. The van der Waals surface area contributed by atoms with Gasteiger partial charge in [0.2, 0.25) is 11.8 Å². The number of para-hydroxylation sites is 1. The molecule has 1 amide bonds. The third-order valence-corrected chi connectivity index (χ3v) is 4.23. The van der Waals surface area contributed by atoms with Gasteiger partial charge in [-0.25, -0.2) is 4.98 Å². The topological polar surface area (TPSA) is 75.4 Å². The summed E-state index contributed by atoms with van der Waals surface area (Å²) in [6.45, 7) is 4.29. The van der Waals surface area contributed by atoms with E-state index in [1.165, 1.54) is 5.56 Å². The number of phenols is 1. The first-order chi connectivity index (χ1) is 12.5. The molecule has 0 bridgehead atoms. The maximum Gasteiger partial charge on any atom is 0.226 e. The summed E-state index contributed by atoms with van der Waals surface area (Å²) in [4.78, 5) is 16.6. The number of hydrogen-bond donors (Lipinski definition) is 2. The van der Waals surface area contributed by atoms with Crippen LogP contribution in [0.4, 0.5) is 0 Å². The number of oxazole rings is 1. The smallest absolute Gasteiger partial charge is 0.226 e. The highest BCUT2D eigenvalue weighted by Gasteiger charge is 2.14. The molecule has 0 atom stereocenters. The number of aryl methyl sites for hydroxylation is 2. The Balaban J connectivity index is 1.57. The third-order valence-electron chi connectivity index (χ3n) is 4.23. The minimum Gasteiger partial charge on any atom is -0.508 e. The lowest BCUT2D eigenvalue weighted by molar-refractivity contribution is -0.120. The van der Waals surface area contributed by atoms with Crippen molar-refractivity contribution < 1.29 is 14.3 Å². The Hall–Kier alpha value is -3.08. The Labute approximate surface area is 152 Å². The van der Waals surface area contributed by atoms with Crippen LogP contribution in [0.3, 0.4) is 0 Å². The van der Waals surface area contributed by atoms with Crippen molar-refractivity contribution in [2.75, 3.05) is 6.54 Å². The fraction of sp³-hybridized carbons (Fsp3) is 0.238. The highest BCUT2D eigenvalue weighted by molar-refractivity contribution is 5.78. The first-order valence-corrected chi connectivity index (χ1v) is 8.60. The summed E-state index contributed by atoms with van der Waals surface area (Å²) in [6.07, 6.45) is 0.743. The van der Waals surface area contributed by atoms with Crippen LogP contribution in [-0.4, -0.2) is 22.5 Å². The van der Waals surface area contributed by atoms with E-state index in [0.29, 0.717) is 30.3 Å². The first kappa shape index (κ1) is 17.7. The van der Waals surface area contributed by atoms with Crippen LogP contribution < -0.4 is 5.32 Å². The predicted octanol–water partition coefficient (Wildman–Crippen LogP) is 3.57. The number of rotatable bonds is 6. The number of benzene rings is 2. The number of hydrogen-bond acceptors (Lipinski definition) is 4. The first-order valence-electron chi connectivity index (χ1n) is 8.60. The monoisotopic (exact) mass is 350 g/mol. The number of amides is 1. The van der Waals surface area contributed by atoms with Crippen molar-refractivity contribution in [3.8, 4) is 17.2 Å². The SMILES string of the molecule is Cc1ccc(-c2nc(CC(=O)NCCc3ccccc3O)c(C)o2)cc1. The van der Waals surface area contributed by atoms with Gasteiger partial charge in [0, 0.05) is 12.1 Å². The quantitative estimate of drug-likeness (QED) is 0.713. The molecule has 5 heteroatoms. The molecule has 3 rings (SSSR count). The van der Waals surface area contributed by atoms with Crippen molar-refractivity contribution in [2.45, 2.75) is 26.7 Å². The lowest BCUT2D eigenvalue weighted by Gasteiger charge is -2.06. The molecule has 0 saturated carbocycles. The lowest BCUT2D eigenvalue weighted by atomic mass is 10.1. The van der Waals surface area contributed by atoms with E-state index in [9.17, 15) is 9.90 Å². The number of carbonyl (C=O) groups excluding carboxylic acids is 1. The maximum absolute atomic E-state index is 12.2. The molecular formula is C21H22N2O3. The van der Waals surface area contributed by atoms with Gasteiger partial charge in [-0.15, -0.1) is 0 Å². The Morgan fingerprint density at radius 3 is 2.58 bits per heavy atom. The van der Waals surface area contributed by atoms with Crippen molar-refractivity contribution in [3.63, 3.8) is 0 Å². The summed E-state index contributed by atoms with van der Waals surface area (Å²) in [5, 5.41) is 12.6. The van der Waals surface area contributed by atoms with Crippen LogP contribution in [-0.2, 0) is 17.6 Å². The number of aromatic nitrogens is 1. The molecule has 0 aliphatic heterocycles. The molecule has 1 aromatic heterocycles. The zero-order chi connectivity index (χ0) is 18.5. The molecule has 0 spiro atoms. The van der Waals surface area contributed by atoms with E-state index in [1.807, 2.05) is 50.2 Å². The van der Waals surface area contributed by atoms with Gasteiger partial charge >= 0.3 is 0 Å². The van der Waals surface area contributed by atoms with Gasteiger partial charge < -0.3 is 14.8 Å². The van der Waals surface area contributed by atoms with Crippen LogP contribution in [0, 0.1) is 13.8 Å². The summed E-state index contributed by atoms with van der Waals surface area (Å²) in [5.41, 5.74) is 3.51. The van der Waals surface area contributed by atoms with E-state index < -0.39 is 0 Å². The van der Waals surface area contributed by atoms with Gasteiger partial charge in [-0.05, 0) is 44.0 Å². The van der Waals surface area contributed by atoms with Gasteiger partial charge in [0.05, 0.1) is 12.1 Å². The van der Waals surface area contributed by atoms with Gasteiger partial charge in [0.25, 0.3) is 0 Å². The van der Waals surface area contributed by atoms with Crippen molar-refractivity contribution in [1.82, 2.24) is 10.3 Å². The zero-order valence-electron chi connectivity index (χ0n) is 15.0. The van der Waals surface area contributed by atoms with E-state index in [4.69, 9.17) is 4.42 Å². The number of carbonyl (C=O) groups is 1. The molecule has 0 aliphatic carbocycles. The number of nitrogens with zero attached hydrogens (tertiary/aromatic N) is 1. The molecule has 0 fully saturated rings. The van der Waals surface area contributed by atoms with Crippen LogP contribution in [0.25, 0.3) is 11.5 Å². The number of nitrogens with one attached hydrogen (secondary N) is 1. The predicted molar refractivity (Wildman–Crippen MR) is 99.9 cm³/mol. The van der Waals surface area contributed by atoms with Gasteiger partial charge in [0.1, 0.15) is 11.5 Å². The molecular weight excluding hydrogens is 328 g/mol. The summed E-state index contributed by atoms with van der Waals surface area (Å²) in [6, 6.07) is 15.0. The highest BCUT2D eigenvalue weighted by Crippen LogP contribution is 2.22. The fourth-order valence-electron chi connectivity index (χ4n) is 2.69. The lowest BCUT2D eigenvalue weighted by Crippen LogP contribution is -2.27. The third kappa shape index (κ3) is 4.30. The van der Waals surface area contributed by atoms with Crippen molar-refractivity contribution in [3.05, 3.63) is 71.1 Å². The van der Waals surface area contributed by atoms with Gasteiger partial charge in [-0.1, -0.05) is 35.9 Å². The summed E-state index contributed by atoms with van der Waals surface area (Å²) in [5.74, 6) is 1.31. The van der Waals surface area contributed by atoms with Crippen molar-refractivity contribution >= 4 is 5.91 Å². The minimum absolute atomic E-state index is 0.118. The molecule has 26 heavy (non-hydrogen) atoms. The van der Waals surface area contributed by atoms with E-state index >= 15 is 0 Å². The molecule has 134 valence electrons. The van der Waals surface area contributed by atoms with E-state index in [2.05, 4.69) is 10.3 Å². The normalized spacial score (nSPS) is 10.7. The summed E-state index contributed by atoms with van der Waals surface area (Å²) < 4.78 is 5.71. The van der Waals surface area contributed by atoms with Crippen LogP contribution in [0.5, 0.6) is 5.75 Å². The maximum atomic E-state index is 12.2. The van der Waals surface area contributed by atoms with Crippen LogP contribution in [0.2, 0.25) is 0 Å². The molecule has 5 nitrogen and oxygen atoms in total. The van der Waals surface area contributed by atoms with Crippen LogP contribution in [0.15, 0.2) is 52.9 Å². The molecule has 0 aliphatic rings. The molecule has 1 heterocycles. The average molecular weight is 350 g/mol. The molecule has 2 aromatic carbocycles. The minimum atomic E-state index is -0.118. The van der Waals surface area contributed by atoms with E-state index in [1.54, 1.807) is 12.1 Å². The summed E-state index contributed by atoms with van der Waals surface area (Å²) in [7, 11) is 0.